The van der Waals surface area contributed by atoms with Gasteiger partial charge in [0.05, 0.1) is 0 Å². The fraction of sp³-hybridized carbons (Fsp3) is 0.316. The molecule has 2 heterocycles. The first-order valence-electron chi connectivity index (χ1n) is 8.41. The summed E-state index contributed by atoms with van der Waals surface area (Å²) in [6, 6.07) is 7.76. The number of nitrogens with one attached hydrogen (secondary N) is 1. The zero-order valence-electron chi connectivity index (χ0n) is 13.9. The molecule has 1 amide bonds. The first-order valence-corrected chi connectivity index (χ1v) is 8.41. The van der Waals surface area contributed by atoms with Crippen LogP contribution in [0.2, 0.25) is 0 Å². The van der Waals surface area contributed by atoms with Crippen molar-refractivity contribution < 1.29 is 4.79 Å². The van der Waals surface area contributed by atoms with E-state index in [2.05, 4.69) is 20.1 Å². The Hall–Kier alpha value is -2.69. The second kappa shape index (κ2) is 7.73. The van der Waals surface area contributed by atoms with Crippen molar-refractivity contribution in [1.29, 1.82) is 0 Å². The van der Waals surface area contributed by atoms with Crippen molar-refractivity contribution in [3.05, 3.63) is 54.4 Å². The van der Waals surface area contributed by atoms with Gasteiger partial charge in [-0.25, -0.2) is 0 Å². The molecule has 5 nitrogen and oxygen atoms in total. The van der Waals surface area contributed by atoms with Crippen LogP contribution in [0.1, 0.15) is 32.0 Å². The topological polar surface area (TPSA) is 59.8 Å². The summed E-state index contributed by atoms with van der Waals surface area (Å²) in [6.45, 7) is 2.89. The van der Waals surface area contributed by atoms with E-state index in [1.54, 1.807) is 6.08 Å². The monoisotopic (exact) mass is 322 g/mol. The number of anilines is 1. The normalized spacial score (nSPS) is 14.7. The second-order valence-electron chi connectivity index (χ2n) is 5.85. The molecule has 0 bridgehead atoms. The van der Waals surface area contributed by atoms with E-state index in [1.807, 2.05) is 43.3 Å². The van der Waals surface area contributed by atoms with Crippen molar-refractivity contribution in [2.75, 3.05) is 5.32 Å². The van der Waals surface area contributed by atoms with Gasteiger partial charge in [0.15, 0.2) is 5.82 Å². The zero-order chi connectivity index (χ0) is 16.8. The van der Waals surface area contributed by atoms with Crippen molar-refractivity contribution in [1.82, 2.24) is 14.8 Å². The molecule has 24 heavy (non-hydrogen) atoms. The first kappa shape index (κ1) is 16.2. The summed E-state index contributed by atoms with van der Waals surface area (Å²) in [5.41, 5.74) is 1.79. The Morgan fingerprint density at radius 2 is 1.96 bits per heavy atom. The van der Waals surface area contributed by atoms with Gasteiger partial charge in [0, 0.05) is 30.3 Å². The fourth-order valence-corrected chi connectivity index (χ4v) is 2.84. The quantitative estimate of drug-likeness (QED) is 0.689. The zero-order valence-corrected chi connectivity index (χ0v) is 13.9. The molecule has 0 radical (unpaired) electrons. The lowest BCUT2D eigenvalue weighted by Gasteiger charge is -2.08. The summed E-state index contributed by atoms with van der Waals surface area (Å²) < 4.78 is 2.22. The number of aromatic nitrogens is 3. The van der Waals surface area contributed by atoms with Gasteiger partial charge in [0.2, 0.25) is 5.91 Å². The highest BCUT2D eigenvalue weighted by Gasteiger charge is 2.15. The molecule has 5 heteroatoms. The Kier molecular flexibility index (Phi) is 5.21. The molecular formula is C19H22N4O. The molecule has 1 aliphatic heterocycles. The van der Waals surface area contributed by atoms with Gasteiger partial charge in [-0.05, 0) is 44.0 Å². The molecule has 1 aromatic heterocycles. The molecule has 0 saturated heterocycles. The fourth-order valence-electron chi connectivity index (χ4n) is 2.84. The van der Waals surface area contributed by atoms with E-state index >= 15 is 0 Å². The van der Waals surface area contributed by atoms with E-state index in [9.17, 15) is 4.79 Å². The maximum absolute atomic E-state index is 11.8. The number of nitrogens with zero attached hydrogens (tertiary/aromatic N) is 3. The standard InChI is InChI=1S/C19H22N4O/c1-2-3-5-9-18(24)20-16-12-10-15(11-13-16)19-22-21-17-8-6-4-7-14-23(17)19/h2-3,5,9-13H,4,6-8,14H2,1H3,(H,20,24)/b3-2+,9-5+. The van der Waals surface area contributed by atoms with Gasteiger partial charge in [-0.15, -0.1) is 10.2 Å². The smallest absolute Gasteiger partial charge is 0.248 e. The Morgan fingerprint density at radius 1 is 1.12 bits per heavy atom. The van der Waals surface area contributed by atoms with Gasteiger partial charge >= 0.3 is 0 Å². The lowest BCUT2D eigenvalue weighted by molar-refractivity contribution is -0.111. The number of rotatable bonds is 4. The van der Waals surface area contributed by atoms with Gasteiger partial charge in [-0.1, -0.05) is 24.6 Å². The summed E-state index contributed by atoms with van der Waals surface area (Å²) in [6.07, 6.45) is 11.5. The lowest BCUT2D eigenvalue weighted by atomic mass is 10.2. The lowest BCUT2D eigenvalue weighted by Crippen LogP contribution is -2.07. The molecule has 0 aliphatic carbocycles. The van der Waals surface area contributed by atoms with Crippen molar-refractivity contribution in [2.45, 2.75) is 39.2 Å². The molecule has 0 spiro atoms. The molecule has 124 valence electrons. The van der Waals surface area contributed by atoms with Crippen molar-refractivity contribution >= 4 is 11.6 Å². The van der Waals surface area contributed by atoms with E-state index in [0.29, 0.717) is 0 Å². The Balaban J connectivity index is 1.73. The Bertz CT molecular complexity index is 756. The second-order valence-corrected chi connectivity index (χ2v) is 5.85. The van der Waals surface area contributed by atoms with E-state index in [1.165, 1.54) is 25.3 Å². The van der Waals surface area contributed by atoms with Crippen LogP contribution in [-0.4, -0.2) is 20.7 Å². The third kappa shape index (κ3) is 3.79. The number of fused-ring (bicyclic) bond motifs is 1. The number of aryl methyl sites for hydroxylation is 1. The number of carbonyl (C=O) groups excluding carboxylic acids is 1. The molecule has 0 atom stereocenters. The predicted molar refractivity (Wildman–Crippen MR) is 95.6 cm³/mol. The highest BCUT2D eigenvalue weighted by Crippen LogP contribution is 2.23. The van der Waals surface area contributed by atoms with Gasteiger partial charge in [0.25, 0.3) is 0 Å². The summed E-state index contributed by atoms with van der Waals surface area (Å²) in [5.74, 6) is 1.85. The number of amides is 1. The van der Waals surface area contributed by atoms with Gasteiger partial charge in [0.1, 0.15) is 5.82 Å². The van der Waals surface area contributed by atoms with E-state index in [-0.39, 0.29) is 5.91 Å². The average molecular weight is 322 g/mol. The minimum atomic E-state index is -0.141. The van der Waals surface area contributed by atoms with Crippen LogP contribution in [0, 0.1) is 0 Å². The third-order valence-electron chi connectivity index (χ3n) is 4.07. The van der Waals surface area contributed by atoms with Crippen LogP contribution in [0.3, 0.4) is 0 Å². The average Bonchev–Trinajstić information content (AvgIpc) is 2.84. The number of hydrogen-bond acceptors (Lipinski definition) is 3. The molecule has 0 saturated carbocycles. The largest absolute Gasteiger partial charge is 0.323 e. The maximum atomic E-state index is 11.8. The Labute approximate surface area is 142 Å². The molecule has 1 N–H and O–H groups in total. The number of benzene rings is 1. The number of hydrogen-bond donors (Lipinski definition) is 1. The predicted octanol–water partition coefficient (Wildman–Crippen LogP) is 3.74. The van der Waals surface area contributed by atoms with Gasteiger partial charge in [-0.2, -0.15) is 0 Å². The summed E-state index contributed by atoms with van der Waals surface area (Å²) in [7, 11) is 0. The minimum absolute atomic E-state index is 0.141. The molecule has 0 fully saturated rings. The molecule has 1 aromatic carbocycles. The van der Waals surface area contributed by atoms with Crippen LogP contribution >= 0.6 is 0 Å². The van der Waals surface area contributed by atoms with Gasteiger partial charge in [-0.3, -0.25) is 4.79 Å². The minimum Gasteiger partial charge on any atom is -0.323 e. The number of allylic oxidation sites excluding steroid dienone is 3. The molecule has 0 unspecified atom stereocenters. The molecule has 2 aromatic rings. The number of carbonyl (C=O) groups is 1. The van der Waals surface area contributed by atoms with Crippen LogP contribution in [0.25, 0.3) is 11.4 Å². The summed E-state index contributed by atoms with van der Waals surface area (Å²) in [5, 5.41) is 11.5. The SMILES string of the molecule is C/C=C/C=C/C(=O)Nc1ccc(-c2nnc3n2CCCCC3)cc1. The molecule has 3 rings (SSSR count). The van der Waals surface area contributed by atoms with E-state index < -0.39 is 0 Å². The summed E-state index contributed by atoms with van der Waals surface area (Å²) in [4.78, 5) is 11.8. The van der Waals surface area contributed by atoms with Crippen LogP contribution < -0.4 is 5.32 Å². The van der Waals surface area contributed by atoms with Crippen LogP contribution in [0.15, 0.2) is 48.6 Å². The first-order chi connectivity index (χ1) is 11.8. The van der Waals surface area contributed by atoms with Crippen molar-refractivity contribution in [3.63, 3.8) is 0 Å². The highest BCUT2D eigenvalue weighted by atomic mass is 16.1. The van der Waals surface area contributed by atoms with Crippen molar-refractivity contribution in [3.8, 4) is 11.4 Å². The van der Waals surface area contributed by atoms with Crippen LogP contribution in [0.4, 0.5) is 5.69 Å². The molecular weight excluding hydrogens is 300 g/mol. The third-order valence-corrected chi connectivity index (χ3v) is 4.07. The van der Waals surface area contributed by atoms with Crippen LogP contribution in [-0.2, 0) is 17.8 Å². The molecule has 1 aliphatic rings. The Morgan fingerprint density at radius 3 is 2.75 bits per heavy atom. The van der Waals surface area contributed by atoms with Gasteiger partial charge < -0.3 is 9.88 Å². The maximum Gasteiger partial charge on any atom is 0.248 e. The highest BCUT2D eigenvalue weighted by molar-refractivity contribution is 5.99. The van der Waals surface area contributed by atoms with Crippen molar-refractivity contribution in [2.24, 2.45) is 0 Å². The van der Waals surface area contributed by atoms with E-state index in [4.69, 9.17) is 0 Å². The van der Waals surface area contributed by atoms with Crippen LogP contribution in [0.5, 0.6) is 0 Å². The van der Waals surface area contributed by atoms with E-state index in [0.717, 1.165) is 35.9 Å². The summed E-state index contributed by atoms with van der Waals surface area (Å²) >= 11 is 0.